The van der Waals surface area contributed by atoms with E-state index in [0.29, 0.717) is 6.04 Å². The molecule has 3 rings (SSSR count). The number of rotatable bonds is 2. The Labute approximate surface area is 104 Å². The smallest absolute Gasteiger partial charge is 0.0430 e. The van der Waals surface area contributed by atoms with Gasteiger partial charge in [0.05, 0.1) is 0 Å². The van der Waals surface area contributed by atoms with Crippen molar-refractivity contribution in [3.05, 3.63) is 29.3 Å². The highest BCUT2D eigenvalue weighted by Crippen LogP contribution is 2.31. The van der Waals surface area contributed by atoms with Crippen LogP contribution in [0.3, 0.4) is 0 Å². The number of nitrogens with one attached hydrogen (secondary N) is 1. The highest BCUT2D eigenvalue weighted by molar-refractivity contribution is 5.63. The van der Waals surface area contributed by atoms with Gasteiger partial charge in [0, 0.05) is 25.3 Å². The molecule has 2 nitrogen and oxygen atoms in total. The third kappa shape index (κ3) is 2.19. The fourth-order valence-electron chi connectivity index (χ4n) is 3.26. The summed E-state index contributed by atoms with van der Waals surface area (Å²) < 4.78 is 0. The molecule has 0 aromatic heterocycles. The second-order valence-electron chi connectivity index (χ2n) is 5.45. The molecule has 0 amide bonds. The van der Waals surface area contributed by atoms with Crippen molar-refractivity contribution in [2.45, 2.75) is 38.1 Å². The summed E-state index contributed by atoms with van der Waals surface area (Å²) in [6.07, 6.45) is 6.50. The number of nitrogens with zero attached hydrogens (tertiary/aromatic N) is 1. The Bertz CT molecular complexity index is 394. The SMILES string of the molecule is CN1CCc2cccc(CC3CCCCN3)c21. The zero-order valence-corrected chi connectivity index (χ0v) is 10.7. The maximum atomic E-state index is 3.66. The number of likely N-dealkylation sites (N-methyl/N-ethyl adjacent to an activating group) is 1. The van der Waals surface area contributed by atoms with Crippen LogP contribution in [0.4, 0.5) is 5.69 Å². The van der Waals surface area contributed by atoms with Gasteiger partial charge in [-0.25, -0.2) is 0 Å². The Morgan fingerprint density at radius 1 is 1.35 bits per heavy atom. The third-order valence-electron chi connectivity index (χ3n) is 4.18. The minimum absolute atomic E-state index is 0.698. The fraction of sp³-hybridized carbons (Fsp3) is 0.600. The van der Waals surface area contributed by atoms with Crippen LogP contribution in [0.25, 0.3) is 0 Å². The van der Waals surface area contributed by atoms with E-state index in [4.69, 9.17) is 0 Å². The summed E-state index contributed by atoms with van der Waals surface area (Å²) >= 11 is 0. The molecule has 1 N–H and O–H groups in total. The zero-order valence-electron chi connectivity index (χ0n) is 10.7. The molecule has 0 aliphatic carbocycles. The molecule has 1 unspecified atom stereocenters. The maximum absolute atomic E-state index is 3.66. The van der Waals surface area contributed by atoms with Gasteiger partial charge in [0.25, 0.3) is 0 Å². The van der Waals surface area contributed by atoms with Crippen molar-refractivity contribution >= 4 is 5.69 Å². The van der Waals surface area contributed by atoms with Crippen molar-refractivity contribution in [3.63, 3.8) is 0 Å². The molecule has 0 radical (unpaired) electrons. The van der Waals surface area contributed by atoms with E-state index in [1.165, 1.54) is 50.9 Å². The quantitative estimate of drug-likeness (QED) is 0.839. The van der Waals surface area contributed by atoms with E-state index < -0.39 is 0 Å². The van der Waals surface area contributed by atoms with Crippen molar-refractivity contribution in [2.75, 3.05) is 25.0 Å². The molecule has 0 spiro atoms. The van der Waals surface area contributed by atoms with Crippen LogP contribution in [0.5, 0.6) is 0 Å². The molecule has 1 aromatic rings. The maximum Gasteiger partial charge on any atom is 0.0430 e. The first kappa shape index (κ1) is 11.1. The lowest BCUT2D eigenvalue weighted by Crippen LogP contribution is -2.35. The van der Waals surface area contributed by atoms with Crippen LogP contribution in [0.1, 0.15) is 30.4 Å². The molecular weight excluding hydrogens is 208 g/mol. The average molecular weight is 230 g/mol. The molecule has 2 heterocycles. The number of para-hydroxylation sites is 1. The van der Waals surface area contributed by atoms with Crippen molar-refractivity contribution in [3.8, 4) is 0 Å². The van der Waals surface area contributed by atoms with E-state index in [2.05, 4.69) is 35.5 Å². The summed E-state index contributed by atoms with van der Waals surface area (Å²) in [6.45, 7) is 2.39. The molecule has 2 aliphatic heterocycles. The summed E-state index contributed by atoms with van der Waals surface area (Å²) in [4.78, 5) is 2.42. The predicted octanol–water partition coefficient (Wildman–Crippen LogP) is 2.36. The van der Waals surface area contributed by atoms with Crippen LogP contribution >= 0.6 is 0 Å². The summed E-state index contributed by atoms with van der Waals surface area (Å²) in [5.41, 5.74) is 4.60. The molecule has 92 valence electrons. The lowest BCUT2D eigenvalue weighted by Gasteiger charge is -2.25. The van der Waals surface area contributed by atoms with Gasteiger partial charge in [-0.2, -0.15) is 0 Å². The highest BCUT2D eigenvalue weighted by atomic mass is 15.1. The van der Waals surface area contributed by atoms with E-state index in [1.807, 2.05) is 0 Å². The van der Waals surface area contributed by atoms with Crippen molar-refractivity contribution in [1.29, 1.82) is 0 Å². The number of hydrogen-bond donors (Lipinski definition) is 1. The number of anilines is 1. The second kappa shape index (κ2) is 4.69. The van der Waals surface area contributed by atoms with Gasteiger partial charge in [-0.15, -0.1) is 0 Å². The first-order valence-electron chi connectivity index (χ1n) is 6.90. The first-order chi connectivity index (χ1) is 8.34. The van der Waals surface area contributed by atoms with Gasteiger partial charge in [0.2, 0.25) is 0 Å². The van der Waals surface area contributed by atoms with Gasteiger partial charge in [0.15, 0.2) is 0 Å². The second-order valence-corrected chi connectivity index (χ2v) is 5.45. The first-order valence-corrected chi connectivity index (χ1v) is 6.90. The van der Waals surface area contributed by atoms with Gasteiger partial charge in [-0.3, -0.25) is 0 Å². The van der Waals surface area contributed by atoms with Crippen LogP contribution < -0.4 is 10.2 Å². The Hall–Kier alpha value is -1.02. The molecule has 1 saturated heterocycles. The summed E-state index contributed by atoms with van der Waals surface area (Å²) in [5.74, 6) is 0. The van der Waals surface area contributed by atoms with Gasteiger partial charge in [-0.05, 0) is 43.4 Å². The summed E-state index contributed by atoms with van der Waals surface area (Å²) in [5, 5.41) is 3.66. The van der Waals surface area contributed by atoms with Gasteiger partial charge >= 0.3 is 0 Å². The van der Waals surface area contributed by atoms with Crippen molar-refractivity contribution < 1.29 is 0 Å². The minimum Gasteiger partial charge on any atom is -0.374 e. The Balaban J connectivity index is 1.81. The molecule has 2 aliphatic rings. The molecule has 1 atom stereocenters. The fourth-order valence-corrected chi connectivity index (χ4v) is 3.26. The van der Waals surface area contributed by atoms with E-state index in [0.717, 1.165) is 0 Å². The lowest BCUT2D eigenvalue weighted by molar-refractivity contribution is 0.399. The Kier molecular flexibility index (Phi) is 3.06. The van der Waals surface area contributed by atoms with Gasteiger partial charge in [-0.1, -0.05) is 24.6 Å². The number of piperidine rings is 1. The van der Waals surface area contributed by atoms with Crippen LogP contribution in [-0.2, 0) is 12.8 Å². The number of benzene rings is 1. The van der Waals surface area contributed by atoms with Crippen molar-refractivity contribution in [2.24, 2.45) is 0 Å². The Morgan fingerprint density at radius 3 is 3.12 bits per heavy atom. The summed E-state index contributed by atoms with van der Waals surface area (Å²) in [7, 11) is 2.23. The largest absolute Gasteiger partial charge is 0.374 e. The number of hydrogen-bond acceptors (Lipinski definition) is 2. The van der Waals surface area contributed by atoms with Crippen LogP contribution in [0, 0.1) is 0 Å². The highest BCUT2D eigenvalue weighted by Gasteiger charge is 2.21. The van der Waals surface area contributed by atoms with Gasteiger partial charge in [0.1, 0.15) is 0 Å². The molecule has 17 heavy (non-hydrogen) atoms. The van der Waals surface area contributed by atoms with Gasteiger partial charge < -0.3 is 10.2 Å². The molecule has 1 fully saturated rings. The van der Waals surface area contributed by atoms with Crippen LogP contribution in [-0.4, -0.2) is 26.2 Å². The predicted molar refractivity (Wildman–Crippen MR) is 72.8 cm³/mol. The zero-order chi connectivity index (χ0) is 11.7. The van der Waals surface area contributed by atoms with E-state index >= 15 is 0 Å². The molecule has 2 heteroatoms. The van der Waals surface area contributed by atoms with E-state index in [-0.39, 0.29) is 0 Å². The topological polar surface area (TPSA) is 15.3 Å². The van der Waals surface area contributed by atoms with Crippen molar-refractivity contribution in [1.82, 2.24) is 5.32 Å². The molecule has 1 aromatic carbocycles. The van der Waals surface area contributed by atoms with E-state index in [9.17, 15) is 0 Å². The normalized spacial score (nSPS) is 23.8. The third-order valence-corrected chi connectivity index (χ3v) is 4.18. The standard InChI is InChI=1S/C15H22N2/c1-17-10-8-12-5-4-6-13(15(12)17)11-14-7-2-3-9-16-14/h4-6,14,16H,2-3,7-11H2,1H3. The minimum atomic E-state index is 0.698. The summed E-state index contributed by atoms with van der Waals surface area (Å²) in [6, 6.07) is 7.54. The monoisotopic (exact) mass is 230 g/mol. The molecular formula is C15H22N2. The molecule has 0 saturated carbocycles. The van der Waals surface area contributed by atoms with Crippen LogP contribution in [0.15, 0.2) is 18.2 Å². The Morgan fingerprint density at radius 2 is 2.29 bits per heavy atom. The number of fused-ring (bicyclic) bond motifs is 1. The lowest BCUT2D eigenvalue weighted by atomic mass is 9.95. The van der Waals surface area contributed by atoms with Crippen LogP contribution in [0.2, 0.25) is 0 Å². The average Bonchev–Trinajstić information content (AvgIpc) is 2.74. The van der Waals surface area contributed by atoms with E-state index in [1.54, 1.807) is 11.1 Å². The molecule has 0 bridgehead atoms.